The molecule has 20 heavy (non-hydrogen) atoms. The van der Waals surface area contributed by atoms with Crippen LogP contribution in [0.2, 0.25) is 0 Å². The lowest BCUT2D eigenvalue weighted by atomic mass is 9.72. The van der Waals surface area contributed by atoms with Crippen LogP contribution in [0.5, 0.6) is 0 Å². The number of hydrogen-bond acceptors (Lipinski definition) is 1. The highest BCUT2D eigenvalue weighted by Gasteiger charge is 2.31. The van der Waals surface area contributed by atoms with Gasteiger partial charge in [0.15, 0.2) is 0 Å². The number of nitrogens with one attached hydrogen (secondary N) is 1. The monoisotopic (exact) mass is 337 g/mol. The first-order valence-corrected chi connectivity index (χ1v) is 8.90. The fraction of sp³-hybridized carbons (Fsp3) is 0.667. The van der Waals surface area contributed by atoms with Gasteiger partial charge in [0.25, 0.3) is 0 Å². The van der Waals surface area contributed by atoms with E-state index in [1.807, 2.05) is 0 Å². The Morgan fingerprint density at radius 2 is 1.95 bits per heavy atom. The van der Waals surface area contributed by atoms with Gasteiger partial charge in [0, 0.05) is 10.5 Å². The first kappa shape index (κ1) is 16.0. The summed E-state index contributed by atoms with van der Waals surface area (Å²) in [6.45, 7) is 8.18. The Hall–Kier alpha value is -0.340. The van der Waals surface area contributed by atoms with Crippen LogP contribution >= 0.6 is 15.9 Å². The summed E-state index contributed by atoms with van der Waals surface area (Å²) >= 11 is 3.74. The zero-order valence-electron chi connectivity index (χ0n) is 13.0. The number of halogens is 1. The Kier molecular flexibility index (Phi) is 6.10. The van der Waals surface area contributed by atoms with E-state index >= 15 is 0 Å². The molecule has 0 aliphatic heterocycles. The van der Waals surface area contributed by atoms with Crippen LogP contribution in [0, 0.1) is 17.8 Å². The second kappa shape index (κ2) is 7.61. The van der Waals surface area contributed by atoms with Gasteiger partial charge in [-0.1, -0.05) is 61.3 Å². The van der Waals surface area contributed by atoms with Gasteiger partial charge < -0.3 is 5.32 Å². The van der Waals surface area contributed by atoms with Gasteiger partial charge in [-0.05, 0) is 55.2 Å². The summed E-state index contributed by atoms with van der Waals surface area (Å²) < 4.78 is 1.25. The Bertz CT molecular complexity index is 418. The minimum Gasteiger partial charge on any atom is -0.310 e. The summed E-state index contributed by atoms with van der Waals surface area (Å²) in [5, 5.41) is 3.80. The third kappa shape index (κ3) is 3.85. The van der Waals surface area contributed by atoms with Crippen LogP contribution in [0.1, 0.15) is 58.1 Å². The fourth-order valence-corrected chi connectivity index (χ4v) is 3.98. The van der Waals surface area contributed by atoms with Crippen molar-refractivity contribution in [3.8, 4) is 0 Å². The molecule has 1 nitrogen and oxygen atoms in total. The highest BCUT2D eigenvalue weighted by atomic mass is 79.9. The molecule has 0 radical (unpaired) electrons. The summed E-state index contributed by atoms with van der Waals surface area (Å²) in [5.74, 6) is 2.51. The van der Waals surface area contributed by atoms with Crippen LogP contribution in [-0.4, -0.2) is 6.54 Å². The van der Waals surface area contributed by atoms with E-state index in [1.54, 1.807) is 0 Å². The van der Waals surface area contributed by atoms with E-state index in [4.69, 9.17) is 0 Å². The highest BCUT2D eigenvalue weighted by molar-refractivity contribution is 9.10. The van der Waals surface area contributed by atoms with Crippen LogP contribution in [0.25, 0.3) is 0 Å². The molecule has 0 spiro atoms. The minimum atomic E-state index is 0.500. The van der Waals surface area contributed by atoms with E-state index in [-0.39, 0.29) is 0 Å². The standard InChI is InChI=1S/C18H28BrN/c1-4-11-20-18(16-7-5-6-8-17(16)19)15-10-9-13(2)14(3)12-15/h5-8,13-15,18,20H,4,9-12H2,1-3H3. The van der Waals surface area contributed by atoms with Gasteiger partial charge in [-0.15, -0.1) is 0 Å². The predicted octanol–water partition coefficient (Wildman–Crippen LogP) is 5.56. The van der Waals surface area contributed by atoms with Crippen molar-refractivity contribution in [3.63, 3.8) is 0 Å². The molecule has 112 valence electrons. The van der Waals surface area contributed by atoms with Crippen molar-refractivity contribution in [1.82, 2.24) is 5.32 Å². The molecule has 0 aromatic heterocycles. The molecule has 0 bridgehead atoms. The molecule has 4 unspecified atom stereocenters. The van der Waals surface area contributed by atoms with Crippen molar-refractivity contribution in [3.05, 3.63) is 34.3 Å². The minimum absolute atomic E-state index is 0.500. The number of benzene rings is 1. The summed E-state index contributed by atoms with van der Waals surface area (Å²) in [7, 11) is 0. The van der Waals surface area contributed by atoms with Gasteiger partial charge in [0.2, 0.25) is 0 Å². The molecule has 0 heterocycles. The summed E-state index contributed by atoms with van der Waals surface area (Å²) in [6.07, 6.45) is 5.28. The molecule has 2 rings (SSSR count). The molecule has 1 saturated carbocycles. The smallest absolute Gasteiger partial charge is 0.0359 e. The van der Waals surface area contributed by atoms with Crippen LogP contribution in [-0.2, 0) is 0 Å². The quantitative estimate of drug-likeness (QED) is 0.741. The van der Waals surface area contributed by atoms with E-state index in [0.717, 1.165) is 24.3 Å². The average Bonchev–Trinajstić information content (AvgIpc) is 2.44. The average molecular weight is 338 g/mol. The molecule has 4 atom stereocenters. The molecule has 0 saturated heterocycles. The van der Waals surface area contributed by atoms with Crippen molar-refractivity contribution >= 4 is 15.9 Å². The Morgan fingerprint density at radius 1 is 1.20 bits per heavy atom. The summed E-state index contributed by atoms with van der Waals surface area (Å²) in [5.41, 5.74) is 1.44. The van der Waals surface area contributed by atoms with Crippen LogP contribution < -0.4 is 5.32 Å². The van der Waals surface area contributed by atoms with E-state index in [9.17, 15) is 0 Å². The number of hydrogen-bond donors (Lipinski definition) is 1. The van der Waals surface area contributed by atoms with E-state index in [0.29, 0.717) is 6.04 Å². The Labute approximate surface area is 132 Å². The molecule has 2 heteroatoms. The molecule has 1 fully saturated rings. The third-order valence-corrected chi connectivity index (χ3v) is 5.69. The van der Waals surface area contributed by atoms with Crippen LogP contribution in [0.4, 0.5) is 0 Å². The van der Waals surface area contributed by atoms with Crippen LogP contribution in [0.15, 0.2) is 28.7 Å². The van der Waals surface area contributed by atoms with Gasteiger partial charge in [-0.25, -0.2) is 0 Å². The van der Waals surface area contributed by atoms with Gasteiger partial charge >= 0.3 is 0 Å². The Morgan fingerprint density at radius 3 is 2.60 bits per heavy atom. The fourth-order valence-electron chi connectivity index (χ4n) is 3.45. The summed E-state index contributed by atoms with van der Waals surface area (Å²) in [4.78, 5) is 0. The van der Waals surface area contributed by atoms with Crippen molar-refractivity contribution in [2.75, 3.05) is 6.54 Å². The first-order valence-electron chi connectivity index (χ1n) is 8.11. The maximum Gasteiger partial charge on any atom is 0.0359 e. The van der Waals surface area contributed by atoms with Gasteiger partial charge in [-0.3, -0.25) is 0 Å². The lowest BCUT2D eigenvalue weighted by Gasteiger charge is -2.37. The summed E-state index contributed by atoms with van der Waals surface area (Å²) in [6, 6.07) is 9.22. The lowest BCUT2D eigenvalue weighted by Crippen LogP contribution is -2.34. The maximum absolute atomic E-state index is 3.80. The topological polar surface area (TPSA) is 12.0 Å². The predicted molar refractivity (Wildman–Crippen MR) is 90.8 cm³/mol. The molecular weight excluding hydrogens is 310 g/mol. The molecular formula is C18H28BrN. The maximum atomic E-state index is 3.80. The molecule has 1 aromatic carbocycles. The molecule has 1 aliphatic rings. The van der Waals surface area contributed by atoms with E-state index in [2.05, 4.69) is 66.3 Å². The van der Waals surface area contributed by atoms with Gasteiger partial charge in [0.05, 0.1) is 0 Å². The lowest BCUT2D eigenvalue weighted by molar-refractivity contribution is 0.171. The zero-order valence-corrected chi connectivity index (χ0v) is 14.6. The molecule has 1 N–H and O–H groups in total. The van der Waals surface area contributed by atoms with Crippen molar-refractivity contribution in [2.45, 2.75) is 52.5 Å². The number of rotatable bonds is 5. The second-order valence-electron chi connectivity index (χ2n) is 6.48. The van der Waals surface area contributed by atoms with E-state index in [1.165, 1.54) is 35.7 Å². The second-order valence-corrected chi connectivity index (χ2v) is 7.34. The zero-order chi connectivity index (χ0) is 14.5. The van der Waals surface area contributed by atoms with E-state index < -0.39 is 0 Å². The van der Waals surface area contributed by atoms with Crippen molar-refractivity contribution in [2.24, 2.45) is 17.8 Å². The highest BCUT2D eigenvalue weighted by Crippen LogP contribution is 2.41. The third-order valence-electron chi connectivity index (χ3n) is 4.96. The molecule has 1 aromatic rings. The van der Waals surface area contributed by atoms with Crippen molar-refractivity contribution in [1.29, 1.82) is 0 Å². The molecule has 0 amide bonds. The van der Waals surface area contributed by atoms with Crippen LogP contribution in [0.3, 0.4) is 0 Å². The normalized spacial score (nSPS) is 28.3. The van der Waals surface area contributed by atoms with Gasteiger partial charge in [0.1, 0.15) is 0 Å². The molecule has 1 aliphatic carbocycles. The first-order chi connectivity index (χ1) is 9.63. The van der Waals surface area contributed by atoms with Gasteiger partial charge in [-0.2, -0.15) is 0 Å². The Balaban J connectivity index is 2.17. The van der Waals surface area contributed by atoms with Crippen molar-refractivity contribution < 1.29 is 0 Å². The SMILES string of the molecule is CCCNC(c1ccccc1Br)C1CCC(C)C(C)C1. The largest absolute Gasteiger partial charge is 0.310 e.